The van der Waals surface area contributed by atoms with E-state index in [2.05, 4.69) is 5.32 Å². The highest BCUT2D eigenvalue weighted by Crippen LogP contribution is 2.41. The van der Waals surface area contributed by atoms with Gasteiger partial charge < -0.3 is 10.4 Å². The Hall–Kier alpha value is -1.55. The van der Waals surface area contributed by atoms with Gasteiger partial charge in [0.1, 0.15) is 0 Å². The summed E-state index contributed by atoms with van der Waals surface area (Å²) in [6.45, 7) is 3.70. The first-order valence-electron chi connectivity index (χ1n) is 6.62. The van der Waals surface area contributed by atoms with Crippen LogP contribution >= 0.6 is 11.6 Å². The average molecular weight is 296 g/mol. The molecule has 2 N–H and O–H groups in total. The van der Waals surface area contributed by atoms with Crippen molar-refractivity contribution in [3.8, 4) is 0 Å². The molecule has 4 nitrogen and oxygen atoms in total. The fraction of sp³-hybridized carbons (Fsp3) is 0.467. The molecule has 0 heterocycles. The van der Waals surface area contributed by atoms with Crippen molar-refractivity contribution in [2.24, 2.45) is 11.3 Å². The molecule has 0 aromatic heterocycles. The van der Waals surface area contributed by atoms with Crippen LogP contribution in [0.3, 0.4) is 0 Å². The Balaban J connectivity index is 2.07. The Bertz CT molecular complexity index is 546. The van der Waals surface area contributed by atoms with Gasteiger partial charge in [-0.2, -0.15) is 0 Å². The van der Waals surface area contributed by atoms with Crippen molar-refractivity contribution in [3.05, 3.63) is 34.9 Å². The van der Waals surface area contributed by atoms with Crippen LogP contribution in [0.2, 0.25) is 5.02 Å². The van der Waals surface area contributed by atoms with E-state index in [0.29, 0.717) is 23.4 Å². The summed E-state index contributed by atoms with van der Waals surface area (Å²) < 4.78 is 0. The summed E-state index contributed by atoms with van der Waals surface area (Å²) >= 11 is 5.86. The molecule has 20 heavy (non-hydrogen) atoms. The van der Waals surface area contributed by atoms with Gasteiger partial charge in [0.25, 0.3) is 5.91 Å². The minimum atomic E-state index is -0.802. The van der Waals surface area contributed by atoms with Crippen molar-refractivity contribution >= 4 is 23.5 Å². The number of nitrogens with one attached hydrogen (secondary N) is 1. The average Bonchev–Trinajstić information content (AvgIpc) is 2.65. The lowest BCUT2D eigenvalue weighted by molar-refractivity contribution is -0.147. The molecule has 2 rings (SSSR count). The molecule has 3 atom stereocenters. The van der Waals surface area contributed by atoms with E-state index < -0.39 is 11.4 Å². The summed E-state index contributed by atoms with van der Waals surface area (Å²) in [6.07, 6.45) is 1.03. The molecule has 1 aliphatic carbocycles. The van der Waals surface area contributed by atoms with Gasteiger partial charge in [0, 0.05) is 16.6 Å². The number of hydrogen-bond acceptors (Lipinski definition) is 2. The molecule has 108 valence electrons. The third kappa shape index (κ3) is 2.96. The van der Waals surface area contributed by atoms with Crippen molar-refractivity contribution in [1.29, 1.82) is 0 Å². The standard InChI is InChI=1S/C15H18ClNO3/c1-9-7-15(2,14(19)20)8-12(9)17-13(18)10-4-3-5-11(16)6-10/h3-6,9,12H,7-8H2,1-2H3,(H,17,18)(H,19,20). The predicted molar refractivity (Wildman–Crippen MR) is 76.8 cm³/mol. The van der Waals surface area contributed by atoms with E-state index in [4.69, 9.17) is 11.6 Å². The molecule has 1 aromatic rings. The number of carbonyl (C=O) groups is 2. The van der Waals surface area contributed by atoms with Gasteiger partial charge in [-0.05, 0) is 43.9 Å². The Labute approximate surface area is 123 Å². The van der Waals surface area contributed by atoms with E-state index in [1.54, 1.807) is 31.2 Å². The number of aliphatic carboxylic acids is 1. The zero-order valence-corrected chi connectivity index (χ0v) is 12.3. The van der Waals surface area contributed by atoms with Crippen LogP contribution in [0, 0.1) is 11.3 Å². The van der Waals surface area contributed by atoms with Gasteiger partial charge >= 0.3 is 5.97 Å². The Kier molecular flexibility index (Phi) is 4.04. The largest absolute Gasteiger partial charge is 0.481 e. The number of carboxylic acids is 1. The number of hydrogen-bond donors (Lipinski definition) is 2. The molecule has 0 bridgehead atoms. The normalized spacial score (nSPS) is 29.1. The van der Waals surface area contributed by atoms with Crippen LogP contribution in [0.4, 0.5) is 0 Å². The monoisotopic (exact) mass is 295 g/mol. The van der Waals surface area contributed by atoms with E-state index in [-0.39, 0.29) is 17.9 Å². The summed E-state index contributed by atoms with van der Waals surface area (Å²) in [5.41, 5.74) is -0.264. The second kappa shape index (κ2) is 5.44. The van der Waals surface area contributed by atoms with E-state index in [1.807, 2.05) is 6.92 Å². The van der Waals surface area contributed by atoms with E-state index in [9.17, 15) is 14.7 Å². The lowest BCUT2D eigenvalue weighted by Crippen LogP contribution is -2.37. The molecule has 0 aliphatic heterocycles. The molecular formula is C15H18ClNO3. The smallest absolute Gasteiger partial charge is 0.309 e. The minimum absolute atomic E-state index is 0.123. The van der Waals surface area contributed by atoms with Crippen LogP contribution in [-0.4, -0.2) is 23.0 Å². The first-order chi connectivity index (χ1) is 9.32. The maximum atomic E-state index is 12.2. The van der Waals surface area contributed by atoms with Crippen LogP contribution in [-0.2, 0) is 4.79 Å². The molecule has 1 fully saturated rings. The predicted octanol–water partition coefficient (Wildman–Crippen LogP) is 2.96. The number of amides is 1. The lowest BCUT2D eigenvalue weighted by Gasteiger charge is -2.19. The van der Waals surface area contributed by atoms with Crippen LogP contribution in [0.15, 0.2) is 24.3 Å². The third-order valence-electron chi connectivity index (χ3n) is 4.05. The number of rotatable bonds is 3. The molecule has 1 aliphatic rings. The van der Waals surface area contributed by atoms with Gasteiger partial charge in [-0.3, -0.25) is 9.59 Å². The highest BCUT2D eigenvalue weighted by atomic mass is 35.5. The molecule has 5 heteroatoms. The number of halogens is 1. The van der Waals surface area contributed by atoms with Crippen molar-refractivity contribution in [1.82, 2.24) is 5.32 Å². The molecular weight excluding hydrogens is 278 g/mol. The van der Waals surface area contributed by atoms with Gasteiger partial charge in [-0.15, -0.1) is 0 Å². The van der Waals surface area contributed by atoms with Gasteiger partial charge in [-0.25, -0.2) is 0 Å². The molecule has 1 aromatic carbocycles. The summed E-state index contributed by atoms with van der Waals surface area (Å²) in [4.78, 5) is 23.4. The van der Waals surface area contributed by atoms with Gasteiger partial charge in [0.2, 0.25) is 0 Å². The van der Waals surface area contributed by atoms with E-state index in [1.165, 1.54) is 0 Å². The highest BCUT2D eigenvalue weighted by molar-refractivity contribution is 6.30. The number of benzene rings is 1. The van der Waals surface area contributed by atoms with Crippen LogP contribution in [0.25, 0.3) is 0 Å². The van der Waals surface area contributed by atoms with Crippen LogP contribution in [0.5, 0.6) is 0 Å². The van der Waals surface area contributed by atoms with E-state index >= 15 is 0 Å². The van der Waals surface area contributed by atoms with Gasteiger partial charge in [-0.1, -0.05) is 24.6 Å². The molecule has 0 saturated heterocycles. The summed E-state index contributed by atoms with van der Waals surface area (Å²) in [5, 5.41) is 12.7. The highest BCUT2D eigenvalue weighted by Gasteiger charge is 2.45. The Morgan fingerprint density at radius 2 is 2.10 bits per heavy atom. The fourth-order valence-electron chi connectivity index (χ4n) is 2.87. The molecule has 0 spiro atoms. The van der Waals surface area contributed by atoms with E-state index in [0.717, 1.165) is 0 Å². The maximum Gasteiger partial charge on any atom is 0.309 e. The first-order valence-corrected chi connectivity index (χ1v) is 6.99. The maximum absolute atomic E-state index is 12.2. The molecule has 1 amide bonds. The third-order valence-corrected chi connectivity index (χ3v) is 4.28. The zero-order chi connectivity index (χ0) is 14.9. The van der Waals surface area contributed by atoms with Crippen LogP contribution < -0.4 is 5.32 Å². The van der Waals surface area contributed by atoms with Gasteiger partial charge in [0.15, 0.2) is 0 Å². The summed E-state index contributed by atoms with van der Waals surface area (Å²) in [6, 6.07) is 6.60. The quantitative estimate of drug-likeness (QED) is 0.901. The molecule has 0 radical (unpaired) electrons. The van der Waals surface area contributed by atoms with Crippen molar-refractivity contribution in [3.63, 3.8) is 0 Å². The Morgan fingerprint density at radius 1 is 1.40 bits per heavy atom. The van der Waals surface area contributed by atoms with Crippen molar-refractivity contribution in [2.75, 3.05) is 0 Å². The first kappa shape index (κ1) is 14.9. The van der Waals surface area contributed by atoms with Crippen molar-refractivity contribution in [2.45, 2.75) is 32.7 Å². The summed E-state index contributed by atoms with van der Waals surface area (Å²) in [5.74, 6) is -0.873. The fourth-order valence-corrected chi connectivity index (χ4v) is 3.06. The van der Waals surface area contributed by atoms with Gasteiger partial charge in [0.05, 0.1) is 5.41 Å². The second-order valence-electron chi connectivity index (χ2n) is 5.84. The Morgan fingerprint density at radius 3 is 2.65 bits per heavy atom. The number of carbonyl (C=O) groups excluding carboxylic acids is 1. The minimum Gasteiger partial charge on any atom is -0.481 e. The summed E-state index contributed by atoms with van der Waals surface area (Å²) in [7, 11) is 0. The number of carboxylic acid groups (broad SMARTS) is 1. The SMILES string of the molecule is CC1CC(C)(C(=O)O)CC1NC(=O)c1cccc(Cl)c1. The lowest BCUT2D eigenvalue weighted by atomic mass is 9.88. The van der Waals surface area contributed by atoms with Crippen LogP contribution in [0.1, 0.15) is 37.0 Å². The second-order valence-corrected chi connectivity index (χ2v) is 6.28. The zero-order valence-electron chi connectivity index (χ0n) is 11.5. The molecule has 3 unspecified atom stereocenters. The topological polar surface area (TPSA) is 66.4 Å². The molecule has 1 saturated carbocycles. The van der Waals surface area contributed by atoms with Crippen molar-refractivity contribution < 1.29 is 14.7 Å².